The molecule has 414 valence electrons. The maximum Gasteiger partial charge on any atom is 0.399 e. The van der Waals surface area contributed by atoms with Crippen molar-refractivity contribution < 1.29 is 65.9 Å². The molecule has 5 aromatic rings. The minimum Gasteiger partial charge on any atom is -0.370 e. The second kappa shape index (κ2) is 23.6. The Balaban J connectivity index is 0.881. The van der Waals surface area contributed by atoms with E-state index in [2.05, 4.69) is 32.8 Å². The monoisotopic (exact) mass is 1140 g/mol. The van der Waals surface area contributed by atoms with Crippen LogP contribution in [0.25, 0.3) is 21.3 Å². The largest absolute Gasteiger partial charge is 0.399 e. The molecule has 1 unspecified atom stereocenters. The Bertz CT molecular complexity index is 3380. The summed E-state index contributed by atoms with van der Waals surface area (Å²) in [5.74, 6) is 1.76. The summed E-state index contributed by atoms with van der Waals surface area (Å²) in [6.45, 7) is 0.0641. The van der Waals surface area contributed by atoms with Crippen molar-refractivity contribution in [2.24, 2.45) is 5.73 Å². The van der Waals surface area contributed by atoms with Crippen LogP contribution in [0.2, 0.25) is 0 Å². The summed E-state index contributed by atoms with van der Waals surface area (Å²) in [4.78, 5) is 135. The predicted molar refractivity (Wildman–Crippen MR) is 283 cm³/mol. The average molecular weight is 1140 g/mol. The molecular weight excluding hydrogens is 1090 g/mol. The van der Waals surface area contributed by atoms with Gasteiger partial charge in [0.15, 0.2) is 0 Å². The number of thiazole rings is 1. The number of piperidine rings is 1. The van der Waals surface area contributed by atoms with Crippen molar-refractivity contribution in [1.29, 1.82) is 0 Å². The highest BCUT2D eigenvalue weighted by Gasteiger charge is 2.51. The van der Waals surface area contributed by atoms with E-state index < -0.39 is 84.4 Å². The molecule has 0 saturated carbocycles. The Morgan fingerprint density at radius 2 is 1.75 bits per heavy atom. The van der Waals surface area contributed by atoms with Gasteiger partial charge in [-0.05, 0) is 110 Å². The van der Waals surface area contributed by atoms with Crippen LogP contribution in [0.15, 0.2) is 72.1 Å². The SMILES string of the molecule is NC(=O)CC[C@H](NC(=O)[C@@H]1CC[C@@H]2CCN(C(=O)CCCCCC#Cc3cccc4c3CN(C3CCC(=O)NC3=O)C4=O)C[C@H](NC(=O)c3cc4cc(C(F)(F)P(=O)(O)O)ccc4s3)C(=O)N21)c1nc(-c2ccc(F)cc2)cs1. The Morgan fingerprint density at radius 1 is 0.962 bits per heavy atom. The molecule has 0 spiro atoms. The van der Waals surface area contributed by atoms with E-state index in [0.717, 1.165) is 23.5 Å². The molecule has 25 heteroatoms. The fraction of sp³-hybridized carbons (Fsp3) is 0.389. The van der Waals surface area contributed by atoms with Gasteiger partial charge in [-0.15, -0.1) is 22.7 Å². The number of halogens is 3. The minimum absolute atomic E-state index is 0.0326. The summed E-state index contributed by atoms with van der Waals surface area (Å²) in [6, 6.07) is 10.5. The molecule has 0 bridgehead atoms. The summed E-state index contributed by atoms with van der Waals surface area (Å²) in [6.07, 6.45) is 3.48. The number of thiophene rings is 1. The van der Waals surface area contributed by atoms with E-state index in [4.69, 9.17) is 5.73 Å². The van der Waals surface area contributed by atoms with Crippen LogP contribution in [0, 0.1) is 17.7 Å². The zero-order valence-corrected chi connectivity index (χ0v) is 44.8. The molecule has 4 aliphatic heterocycles. The van der Waals surface area contributed by atoms with Crippen molar-refractivity contribution in [2.45, 2.75) is 119 Å². The van der Waals surface area contributed by atoms with Gasteiger partial charge in [-0.2, -0.15) is 8.78 Å². The van der Waals surface area contributed by atoms with E-state index in [9.17, 15) is 65.9 Å². The van der Waals surface area contributed by atoms with Gasteiger partial charge in [0.05, 0.1) is 16.6 Å². The van der Waals surface area contributed by atoms with E-state index in [1.54, 1.807) is 35.7 Å². The quantitative estimate of drug-likeness (QED) is 0.0272. The van der Waals surface area contributed by atoms with Gasteiger partial charge >= 0.3 is 13.3 Å². The molecule has 79 heavy (non-hydrogen) atoms. The molecule has 0 aliphatic carbocycles. The third-order valence-corrected chi connectivity index (χ3v) is 17.6. The number of imide groups is 1. The number of benzene rings is 3. The van der Waals surface area contributed by atoms with Gasteiger partial charge in [-0.1, -0.05) is 30.4 Å². The molecule has 3 aromatic carbocycles. The first kappa shape index (κ1) is 56.4. The fourth-order valence-corrected chi connectivity index (χ4v) is 12.7. The second-order valence-electron chi connectivity index (χ2n) is 19.8. The molecule has 5 atom stereocenters. The van der Waals surface area contributed by atoms with Gasteiger partial charge in [-0.3, -0.25) is 48.2 Å². The number of amides is 8. The Labute approximate surface area is 458 Å². The number of nitrogens with zero attached hydrogens (tertiary/aromatic N) is 4. The number of rotatable bonds is 17. The van der Waals surface area contributed by atoms with E-state index in [-0.39, 0.29) is 86.1 Å². The van der Waals surface area contributed by atoms with Gasteiger partial charge in [0.2, 0.25) is 35.4 Å². The number of hydrogen-bond acceptors (Lipinski definition) is 12. The maximum atomic E-state index is 14.9. The molecule has 3 fully saturated rings. The predicted octanol–water partition coefficient (Wildman–Crippen LogP) is 5.97. The number of nitrogens with one attached hydrogen (secondary N) is 3. The number of aromatic nitrogens is 1. The molecule has 9 rings (SSSR count). The number of nitrogens with two attached hydrogens (primary N) is 1. The maximum absolute atomic E-state index is 14.9. The van der Waals surface area contributed by atoms with Crippen LogP contribution < -0.4 is 21.7 Å². The highest BCUT2D eigenvalue weighted by Crippen LogP contribution is 2.59. The Hall–Kier alpha value is -7.29. The number of alkyl halides is 2. The number of fused-ring (bicyclic) bond motifs is 3. The van der Waals surface area contributed by atoms with Gasteiger partial charge < -0.3 is 40.9 Å². The minimum atomic E-state index is -5.91. The fourth-order valence-electron chi connectivity index (χ4n) is 10.4. The number of primary amides is 1. The standard InChI is InChI=1S/C54H54F3N8O11PS2/c55-34-14-11-31(12-15-34)40-29-78-51(61-40)38(17-21-45(58)66)59-49(70)42-18-16-35-23-24-63(28-39(53(73)65(35)42)60-50(71)44-26-32-25-33(13-20-43(32)79-44)54(56,57)77(74,75)76)47(68)10-5-3-1-2-4-7-30-8-6-9-36-37(30)27-64(52(36)72)41-19-22-46(67)62-48(41)69/h6,8-9,11-15,20,25-26,29,35,38-39,41-42H,1-3,5,10,16-19,21-24,27-28H2,(H2,58,66)(H,59,70)(H,60,71)(H,62,67,69)(H2,74,75,76)/t35-,38+,39+,41?,42+/m1/s1. The molecule has 8 amide bonds. The van der Waals surface area contributed by atoms with Crippen LogP contribution in [-0.2, 0) is 45.5 Å². The molecule has 2 aromatic heterocycles. The lowest BCUT2D eigenvalue weighted by atomic mass is 10.0. The van der Waals surface area contributed by atoms with Crippen molar-refractivity contribution >= 4 is 87.6 Å². The topological polar surface area (TPSA) is 279 Å². The Kier molecular flexibility index (Phi) is 16.8. The first-order valence-corrected chi connectivity index (χ1v) is 28.9. The summed E-state index contributed by atoms with van der Waals surface area (Å²) in [5.41, 5.74) is 2.99. The van der Waals surface area contributed by atoms with Gasteiger partial charge in [0.1, 0.15) is 29.0 Å². The number of carbonyl (C=O) groups is 8. The zero-order chi connectivity index (χ0) is 56.3. The van der Waals surface area contributed by atoms with Crippen LogP contribution in [-0.4, -0.2) is 114 Å². The third-order valence-electron chi connectivity index (χ3n) is 14.6. The number of hydrogen-bond donors (Lipinski definition) is 6. The molecular formula is C54H54F3N8O11PS2. The van der Waals surface area contributed by atoms with Crippen LogP contribution in [0.4, 0.5) is 13.2 Å². The highest BCUT2D eigenvalue weighted by molar-refractivity contribution is 7.52. The van der Waals surface area contributed by atoms with Crippen molar-refractivity contribution in [3.8, 4) is 23.1 Å². The lowest BCUT2D eigenvalue weighted by Gasteiger charge is -2.39. The third kappa shape index (κ3) is 12.5. The van der Waals surface area contributed by atoms with Crippen LogP contribution in [0.5, 0.6) is 0 Å². The number of unbranched alkanes of at least 4 members (excludes halogenated alkanes) is 3. The summed E-state index contributed by atoms with van der Waals surface area (Å²) < 4.78 is 55.1. The molecule has 6 heterocycles. The lowest BCUT2D eigenvalue weighted by Crippen LogP contribution is -2.61. The lowest BCUT2D eigenvalue weighted by molar-refractivity contribution is -0.145. The van der Waals surface area contributed by atoms with Crippen molar-refractivity contribution in [1.82, 2.24) is 35.6 Å². The van der Waals surface area contributed by atoms with Gasteiger partial charge in [0.25, 0.3) is 11.8 Å². The Morgan fingerprint density at radius 3 is 2.49 bits per heavy atom. The van der Waals surface area contributed by atoms with Crippen molar-refractivity contribution in [3.63, 3.8) is 0 Å². The normalized spacial score (nSPS) is 19.9. The molecule has 7 N–H and O–H groups in total. The smallest absolute Gasteiger partial charge is 0.370 e. The van der Waals surface area contributed by atoms with Crippen LogP contribution in [0.1, 0.15) is 125 Å². The van der Waals surface area contributed by atoms with Crippen LogP contribution >= 0.6 is 30.3 Å². The first-order chi connectivity index (χ1) is 37.7. The van der Waals surface area contributed by atoms with Gasteiger partial charge in [-0.25, -0.2) is 9.37 Å². The first-order valence-electron chi connectivity index (χ1n) is 25.6. The van der Waals surface area contributed by atoms with E-state index in [1.165, 1.54) is 50.3 Å². The molecule has 19 nitrogen and oxygen atoms in total. The summed E-state index contributed by atoms with van der Waals surface area (Å²) in [7, 11) is -5.91. The van der Waals surface area contributed by atoms with E-state index in [1.807, 2.05) is 0 Å². The van der Waals surface area contributed by atoms with Crippen molar-refractivity contribution in [2.75, 3.05) is 13.1 Å². The zero-order valence-electron chi connectivity index (χ0n) is 42.3. The second-order valence-corrected chi connectivity index (χ2v) is 23.5. The summed E-state index contributed by atoms with van der Waals surface area (Å²) in [5, 5.41) is 10.3. The molecule has 4 aliphatic rings. The highest BCUT2D eigenvalue weighted by atomic mass is 32.1. The van der Waals surface area contributed by atoms with Crippen molar-refractivity contribution in [3.05, 3.63) is 110 Å². The van der Waals surface area contributed by atoms with E-state index in [0.29, 0.717) is 76.2 Å². The van der Waals surface area contributed by atoms with E-state index >= 15 is 0 Å². The molecule has 0 radical (unpaired) electrons. The number of carbonyl (C=O) groups excluding carboxylic acids is 8. The summed E-state index contributed by atoms with van der Waals surface area (Å²) >= 11 is 2.09. The van der Waals surface area contributed by atoms with Crippen LogP contribution in [0.3, 0.4) is 0 Å². The average Bonchev–Trinajstić information content (AvgIpc) is 4.41. The molecule has 3 saturated heterocycles. The van der Waals surface area contributed by atoms with Gasteiger partial charge in [0, 0.05) is 83.7 Å².